The second kappa shape index (κ2) is 8.16. The van der Waals surface area contributed by atoms with Gasteiger partial charge in [0.1, 0.15) is 23.5 Å². The van der Waals surface area contributed by atoms with E-state index >= 15 is 0 Å². The quantitative estimate of drug-likeness (QED) is 0.519. The Morgan fingerprint density at radius 3 is 2.56 bits per heavy atom. The number of benzene rings is 1. The van der Waals surface area contributed by atoms with E-state index in [0.717, 1.165) is 24.1 Å². The summed E-state index contributed by atoms with van der Waals surface area (Å²) in [7, 11) is 0. The van der Waals surface area contributed by atoms with Crippen molar-refractivity contribution in [3.8, 4) is 11.3 Å². The summed E-state index contributed by atoms with van der Waals surface area (Å²) in [6.45, 7) is 10.1. The van der Waals surface area contributed by atoms with Crippen molar-refractivity contribution in [3.63, 3.8) is 0 Å². The lowest BCUT2D eigenvalue weighted by Crippen LogP contribution is -2.48. The van der Waals surface area contributed by atoms with Crippen LogP contribution in [0, 0.1) is 17.0 Å². The van der Waals surface area contributed by atoms with Crippen molar-refractivity contribution >= 4 is 5.91 Å². The highest BCUT2D eigenvalue weighted by Crippen LogP contribution is 2.67. The summed E-state index contributed by atoms with van der Waals surface area (Å²) in [6.07, 6.45) is 2.97. The zero-order valence-corrected chi connectivity index (χ0v) is 21.1. The zero-order chi connectivity index (χ0) is 26.0. The molecule has 0 unspecified atom stereocenters. The van der Waals surface area contributed by atoms with Gasteiger partial charge in [-0.1, -0.05) is 19.9 Å². The molecular formula is C27H30F2N4O3. The van der Waals surface area contributed by atoms with Crippen LogP contribution < -0.4 is 0 Å². The highest BCUT2D eigenvalue weighted by molar-refractivity contribution is 5.92. The molecule has 2 heterocycles. The number of oxazole rings is 1. The van der Waals surface area contributed by atoms with Crippen LogP contribution in [0.4, 0.5) is 8.78 Å². The van der Waals surface area contributed by atoms with E-state index in [-0.39, 0.29) is 40.1 Å². The first-order valence-electron chi connectivity index (χ1n) is 12.2. The fourth-order valence-corrected chi connectivity index (χ4v) is 6.11. The standard InChI is InChI=1S/C27H30F2N4O3/c1-6-33(23(34)20-13-36-24(30-20)26(4,5)35)14-27-11-10-16(25(27,2)3)15-12-19(31-32-22(15)27)21-17(28)8-7-9-18(21)29/h7-9,12-13,16,35H,6,10-11,14H2,1-5H3/t16-,27-/m0/s1. The van der Waals surface area contributed by atoms with Crippen LogP contribution in [0.3, 0.4) is 0 Å². The fraction of sp³-hybridized carbons (Fsp3) is 0.481. The van der Waals surface area contributed by atoms with Crippen LogP contribution >= 0.6 is 0 Å². The number of nitrogens with zero attached hydrogens (tertiary/aromatic N) is 4. The molecule has 2 bridgehead atoms. The normalized spacial score (nSPS) is 22.1. The van der Waals surface area contributed by atoms with Crippen LogP contribution in [0.15, 0.2) is 34.9 Å². The number of halogens is 2. The smallest absolute Gasteiger partial charge is 0.275 e. The topological polar surface area (TPSA) is 92.4 Å². The lowest BCUT2D eigenvalue weighted by molar-refractivity contribution is 0.0482. The monoisotopic (exact) mass is 496 g/mol. The molecule has 0 saturated heterocycles. The molecule has 1 N–H and O–H groups in total. The predicted molar refractivity (Wildman–Crippen MR) is 128 cm³/mol. The Morgan fingerprint density at radius 2 is 1.94 bits per heavy atom. The minimum absolute atomic E-state index is 0.0753. The number of aromatic nitrogens is 3. The first-order chi connectivity index (χ1) is 16.9. The van der Waals surface area contributed by atoms with E-state index in [1.165, 1.54) is 24.5 Å². The van der Waals surface area contributed by atoms with Crippen LogP contribution in [-0.2, 0) is 11.0 Å². The van der Waals surface area contributed by atoms with Gasteiger partial charge in [-0.05, 0) is 68.7 Å². The van der Waals surface area contributed by atoms with Crippen LogP contribution in [-0.4, -0.2) is 44.2 Å². The van der Waals surface area contributed by atoms with Gasteiger partial charge in [-0.2, -0.15) is 10.2 Å². The largest absolute Gasteiger partial charge is 0.445 e. The minimum Gasteiger partial charge on any atom is -0.445 e. The summed E-state index contributed by atoms with van der Waals surface area (Å²) in [6, 6.07) is 5.51. The molecule has 1 aromatic carbocycles. The molecule has 0 aliphatic heterocycles. The minimum atomic E-state index is -1.30. The highest BCUT2D eigenvalue weighted by atomic mass is 19.1. The number of carbonyl (C=O) groups is 1. The number of fused-ring (bicyclic) bond motifs is 5. The number of carbonyl (C=O) groups excluding carboxylic acids is 1. The Morgan fingerprint density at radius 1 is 1.25 bits per heavy atom. The van der Waals surface area contributed by atoms with E-state index < -0.39 is 22.7 Å². The van der Waals surface area contributed by atoms with Crippen molar-refractivity contribution in [2.45, 2.75) is 64.4 Å². The van der Waals surface area contributed by atoms with E-state index in [2.05, 4.69) is 29.0 Å². The van der Waals surface area contributed by atoms with E-state index in [1.807, 2.05) is 6.92 Å². The van der Waals surface area contributed by atoms with Crippen LogP contribution in [0.5, 0.6) is 0 Å². The van der Waals surface area contributed by atoms with Gasteiger partial charge >= 0.3 is 0 Å². The Labute approximate surface area is 208 Å². The van der Waals surface area contributed by atoms with Crippen LogP contribution in [0.2, 0.25) is 0 Å². The van der Waals surface area contributed by atoms with Crippen molar-refractivity contribution in [2.24, 2.45) is 5.41 Å². The van der Waals surface area contributed by atoms with Gasteiger partial charge in [-0.25, -0.2) is 13.8 Å². The molecule has 2 aromatic heterocycles. The molecule has 5 rings (SSSR count). The average molecular weight is 497 g/mol. The molecule has 0 spiro atoms. The summed E-state index contributed by atoms with van der Waals surface area (Å²) in [5, 5.41) is 19.0. The van der Waals surface area contributed by atoms with Crippen molar-refractivity contribution < 1.29 is 23.1 Å². The molecule has 190 valence electrons. The molecule has 1 amide bonds. The maximum atomic E-state index is 14.5. The molecule has 2 atom stereocenters. The van der Waals surface area contributed by atoms with Crippen LogP contribution in [0.1, 0.15) is 81.0 Å². The number of hydrogen-bond donors (Lipinski definition) is 1. The van der Waals surface area contributed by atoms with Crippen molar-refractivity contribution in [1.82, 2.24) is 20.1 Å². The van der Waals surface area contributed by atoms with Gasteiger partial charge in [0.2, 0.25) is 5.89 Å². The Kier molecular flexibility index (Phi) is 5.55. The van der Waals surface area contributed by atoms with Crippen molar-refractivity contribution in [2.75, 3.05) is 13.1 Å². The fourth-order valence-electron chi connectivity index (χ4n) is 6.11. The zero-order valence-electron chi connectivity index (χ0n) is 21.1. The highest BCUT2D eigenvalue weighted by Gasteiger charge is 2.64. The maximum Gasteiger partial charge on any atom is 0.275 e. The summed E-state index contributed by atoms with van der Waals surface area (Å²) >= 11 is 0. The summed E-state index contributed by atoms with van der Waals surface area (Å²) in [5.41, 5.74) is -0.181. The van der Waals surface area contributed by atoms with Gasteiger partial charge in [0, 0.05) is 18.5 Å². The number of likely N-dealkylation sites (N-methyl/N-ethyl adjacent to an activating group) is 1. The van der Waals surface area contributed by atoms with Gasteiger partial charge in [0.25, 0.3) is 5.91 Å². The molecule has 2 aliphatic rings. The van der Waals surface area contributed by atoms with Gasteiger partial charge in [-0.15, -0.1) is 0 Å². The Balaban J connectivity index is 1.52. The molecule has 1 saturated carbocycles. The third kappa shape index (κ3) is 3.47. The SMILES string of the molecule is CCN(C[C@@]12CC[C@@H](c3cc(-c4c(F)cccc4F)nnc31)C2(C)C)C(=O)c1coc(C(C)(C)O)n1. The molecule has 7 nitrogen and oxygen atoms in total. The van der Waals surface area contributed by atoms with E-state index in [4.69, 9.17) is 4.42 Å². The molecule has 2 aliphatic carbocycles. The number of aliphatic hydroxyl groups is 1. The molecule has 36 heavy (non-hydrogen) atoms. The van der Waals surface area contributed by atoms with E-state index in [0.29, 0.717) is 13.1 Å². The number of amides is 1. The summed E-state index contributed by atoms with van der Waals surface area (Å²) < 4.78 is 34.3. The van der Waals surface area contributed by atoms with E-state index in [9.17, 15) is 18.7 Å². The van der Waals surface area contributed by atoms with Gasteiger partial charge in [-0.3, -0.25) is 4.79 Å². The number of rotatable bonds is 6. The summed E-state index contributed by atoms with van der Waals surface area (Å²) in [5.74, 6) is -1.45. The third-order valence-electron chi connectivity index (χ3n) is 8.21. The van der Waals surface area contributed by atoms with Crippen molar-refractivity contribution in [1.29, 1.82) is 0 Å². The van der Waals surface area contributed by atoms with Gasteiger partial charge < -0.3 is 14.4 Å². The summed E-state index contributed by atoms with van der Waals surface area (Å²) in [4.78, 5) is 19.4. The molecule has 3 aromatic rings. The molecule has 0 radical (unpaired) electrons. The van der Waals surface area contributed by atoms with Crippen LogP contribution in [0.25, 0.3) is 11.3 Å². The first-order valence-corrected chi connectivity index (χ1v) is 12.2. The lowest BCUT2D eigenvalue weighted by atomic mass is 9.68. The lowest BCUT2D eigenvalue weighted by Gasteiger charge is -2.41. The van der Waals surface area contributed by atoms with E-state index in [1.54, 1.807) is 24.8 Å². The van der Waals surface area contributed by atoms with Gasteiger partial charge in [0.15, 0.2) is 5.69 Å². The number of hydrogen-bond acceptors (Lipinski definition) is 6. The third-order valence-corrected chi connectivity index (χ3v) is 8.21. The second-order valence-corrected chi connectivity index (χ2v) is 10.9. The first kappa shape index (κ1) is 24.5. The van der Waals surface area contributed by atoms with Gasteiger partial charge in [0.05, 0.1) is 17.0 Å². The Bertz CT molecular complexity index is 1330. The predicted octanol–water partition coefficient (Wildman–Crippen LogP) is 4.95. The second-order valence-electron chi connectivity index (χ2n) is 10.9. The maximum absolute atomic E-state index is 14.5. The Hall–Kier alpha value is -3.20. The molecule has 1 fully saturated rings. The molecule has 9 heteroatoms. The average Bonchev–Trinajstić information content (AvgIpc) is 3.45. The van der Waals surface area contributed by atoms with Crippen molar-refractivity contribution in [3.05, 3.63) is 65.0 Å². The molecular weight excluding hydrogens is 466 g/mol.